The lowest BCUT2D eigenvalue weighted by atomic mass is 10.3. The normalized spacial score (nSPS) is 9.39. The van der Waals surface area contributed by atoms with Crippen molar-refractivity contribution in [2.75, 3.05) is 13.2 Å². The molecular weight excluding hydrogens is 252 g/mol. The zero-order valence-electron chi connectivity index (χ0n) is 9.73. The smallest absolute Gasteiger partial charge is 0.252 e. The van der Waals surface area contributed by atoms with Gasteiger partial charge < -0.3 is 16.2 Å². The third kappa shape index (κ3) is 4.99. The first-order chi connectivity index (χ1) is 8.63. The van der Waals surface area contributed by atoms with Crippen molar-refractivity contribution in [1.82, 2.24) is 5.32 Å². The van der Waals surface area contributed by atoms with Gasteiger partial charge in [0.2, 0.25) is 5.91 Å². The van der Waals surface area contributed by atoms with Crippen LogP contribution in [-0.4, -0.2) is 30.1 Å². The molecule has 0 bridgehead atoms. The van der Waals surface area contributed by atoms with Crippen molar-refractivity contribution in [3.8, 4) is 11.8 Å². The second-order valence-corrected chi connectivity index (χ2v) is 4.36. The molecule has 0 saturated carbocycles. The van der Waals surface area contributed by atoms with Gasteiger partial charge in [-0.25, -0.2) is 0 Å². The van der Waals surface area contributed by atoms with Gasteiger partial charge in [-0.05, 0) is 6.07 Å². The Labute approximate surface area is 109 Å². The molecule has 0 aromatic carbocycles. The van der Waals surface area contributed by atoms with Crippen LogP contribution in [0.15, 0.2) is 11.4 Å². The van der Waals surface area contributed by atoms with E-state index in [4.69, 9.17) is 10.8 Å². The number of amides is 2. The Morgan fingerprint density at radius 2 is 2.28 bits per heavy atom. The molecule has 1 heterocycles. The van der Waals surface area contributed by atoms with Crippen LogP contribution in [0.3, 0.4) is 0 Å². The van der Waals surface area contributed by atoms with E-state index in [2.05, 4.69) is 17.2 Å². The van der Waals surface area contributed by atoms with Crippen LogP contribution in [0.2, 0.25) is 0 Å². The van der Waals surface area contributed by atoms with Crippen molar-refractivity contribution >= 4 is 23.2 Å². The predicted octanol–water partition coefficient (Wildman–Crippen LogP) is 0.0872. The molecule has 0 aliphatic heterocycles. The molecule has 0 unspecified atom stereocenters. The highest BCUT2D eigenvalue weighted by Crippen LogP contribution is 2.13. The van der Waals surface area contributed by atoms with E-state index in [0.29, 0.717) is 12.0 Å². The molecule has 0 saturated heterocycles. The Morgan fingerprint density at radius 1 is 1.50 bits per heavy atom. The van der Waals surface area contributed by atoms with Crippen LogP contribution in [-0.2, 0) is 4.79 Å². The fourth-order valence-corrected chi connectivity index (χ4v) is 1.88. The molecule has 6 heteroatoms. The van der Waals surface area contributed by atoms with E-state index in [1.165, 1.54) is 11.3 Å². The molecule has 96 valence electrons. The van der Waals surface area contributed by atoms with Crippen LogP contribution in [0.1, 0.15) is 28.1 Å². The minimum atomic E-state index is -0.448. The largest absolute Gasteiger partial charge is 0.395 e. The number of aliphatic hydroxyl groups is 1. The minimum absolute atomic E-state index is 0.0266. The van der Waals surface area contributed by atoms with E-state index in [1.807, 2.05) is 0 Å². The van der Waals surface area contributed by atoms with Crippen LogP contribution >= 0.6 is 11.3 Å². The first kappa shape index (κ1) is 14.2. The molecule has 0 aliphatic rings. The maximum absolute atomic E-state index is 11.6. The Balaban J connectivity index is 2.50. The lowest BCUT2D eigenvalue weighted by Gasteiger charge is -2.00. The monoisotopic (exact) mass is 266 g/mol. The predicted molar refractivity (Wildman–Crippen MR) is 69.0 cm³/mol. The van der Waals surface area contributed by atoms with E-state index < -0.39 is 5.91 Å². The zero-order chi connectivity index (χ0) is 13.4. The summed E-state index contributed by atoms with van der Waals surface area (Å²) in [6.07, 6.45) is 0.539. The highest BCUT2D eigenvalue weighted by atomic mass is 32.1. The van der Waals surface area contributed by atoms with Crippen molar-refractivity contribution in [1.29, 1.82) is 0 Å². The molecule has 1 aromatic heterocycles. The summed E-state index contributed by atoms with van der Waals surface area (Å²) in [6.45, 7) is 0.258. The molecule has 4 N–H and O–H groups in total. The van der Waals surface area contributed by atoms with Gasteiger partial charge in [-0.3, -0.25) is 9.59 Å². The first-order valence-corrected chi connectivity index (χ1v) is 6.26. The minimum Gasteiger partial charge on any atom is -0.395 e. The van der Waals surface area contributed by atoms with E-state index in [1.54, 1.807) is 11.4 Å². The third-order valence-corrected chi connectivity index (χ3v) is 2.81. The van der Waals surface area contributed by atoms with Crippen LogP contribution in [0.4, 0.5) is 0 Å². The van der Waals surface area contributed by atoms with Gasteiger partial charge in [0.1, 0.15) is 0 Å². The zero-order valence-corrected chi connectivity index (χ0v) is 10.5. The second kappa shape index (κ2) is 7.48. The van der Waals surface area contributed by atoms with E-state index in [-0.39, 0.29) is 25.5 Å². The molecule has 18 heavy (non-hydrogen) atoms. The highest BCUT2D eigenvalue weighted by Gasteiger charge is 2.07. The van der Waals surface area contributed by atoms with Gasteiger partial charge in [-0.2, -0.15) is 0 Å². The molecule has 0 aliphatic carbocycles. The molecule has 0 spiro atoms. The van der Waals surface area contributed by atoms with Gasteiger partial charge in [-0.1, -0.05) is 11.8 Å². The van der Waals surface area contributed by atoms with Crippen molar-refractivity contribution in [2.24, 2.45) is 5.73 Å². The standard InChI is InChI=1S/C12H14N2O3S/c13-11(16)4-5-14-12(17)9-7-10(18-8-9)3-1-2-6-15/h7-8,15H,2,4-6H2,(H2,13,16)(H,14,17). The molecule has 5 nitrogen and oxygen atoms in total. The second-order valence-electron chi connectivity index (χ2n) is 3.45. The number of carbonyl (C=O) groups is 2. The van der Waals surface area contributed by atoms with E-state index >= 15 is 0 Å². The number of hydrogen-bond acceptors (Lipinski definition) is 4. The van der Waals surface area contributed by atoms with Gasteiger partial charge in [0.25, 0.3) is 5.91 Å². The average Bonchev–Trinajstić information content (AvgIpc) is 2.77. The van der Waals surface area contributed by atoms with E-state index in [0.717, 1.165) is 4.88 Å². The number of nitrogens with two attached hydrogens (primary N) is 1. The van der Waals surface area contributed by atoms with Gasteiger partial charge in [-0.15, -0.1) is 11.3 Å². The van der Waals surface area contributed by atoms with Gasteiger partial charge in [0.15, 0.2) is 0 Å². The lowest BCUT2D eigenvalue weighted by molar-refractivity contribution is -0.117. The SMILES string of the molecule is NC(=O)CCNC(=O)c1csc(C#CCCO)c1. The Morgan fingerprint density at radius 3 is 2.94 bits per heavy atom. The summed E-state index contributed by atoms with van der Waals surface area (Å²) in [5, 5.41) is 12.9. The molecule has 0 atom stereocenters. The fourth-order valence-electron chi connectivity index (χ4n) is 1.13. The van der Waals surface area contributed by atoms with Gasteiger partial charge in [0, 0.05) is 24.8 Å². The summed E-state index contributed by atoms with van der Waals surface area (Å²) in [6, 6.07) is 1.68. The average molecular weight is 266 g/mol. The quantitative estimate of drug-likeness (QED) is 0.659. The summed E-state index contributed by atoms with van der Waals surface area (Å²) >= 11 is 1.36. The fraction of sp³-hybridized carbons (Fsp3) is 0.333. The molecule has 0 fully saturated rings. The number of thiophene rings is 1. The number of hydrogen-bond donors (Lipinski definition) is 3. The molecule has 1 aromatic rings. The third-order valence-electron chi connectivity index (χ3n) is 1.97. The van der Waals surface area contributed by atoms with Crippen molar-refractivity contribution in [2.45, 2.75) is 12.8 Å². The number of carbonyl (C=O) groups excluding carboxylic acids is 2. The molecule has 1 rings (SSSR count). The summed E-state index contributed by atoms with van der Waals surface area (Å²) in [5.41, 5.74) is 5.47. The van der Waals surface area contributed by atoms with Crippen LogP contribution < -0.4 is 11.1 Å². The molecule has 0 radical (unpaired) electrons. The van der Waals surface area contributed by atoms with Crippen LogP contribution in [0.5, 0.6) is 0 Å². The van der Waals surface area contributed by atoms with Gasteiger partial charge >= 0.3 is 0 Å². The first-order valence-electron chi connectivity index (χ1n) is 5.38. The van der Waals surface area contributed by atoms with Gasteiger partial charge in [0.05, 0.1) is 17.0 Å². The van der Waals surface area contributed by atoms with Crippen molar-refractivity contribution < 1.29 is 14.7 Å². The maximum Gasteiger partial charge on any atom is 0.252 e. The highest BCUT2D eigenvalue weighted by molar-refractivity contribution is 7.10. The Bertz CT molecular complexity index is 485. The topological polar surface area (TPSA) is 92.4 Å². The lowest BCUT2D eigenvalue weighted by Crippen LogP contribution is -2.27. The van der Waals surface area contributed by atoms with E-state index in [9.17, 15) is 9.59 Å². The summed E-state index contributed by atoms with van der Waals surface area (Å²) in [7, 11) is 0. The maximum atomic E-state index is 11.6. The molecular formula is C12H14N2O3S. The van der Waals surface area contributed by atoms with Crippen molar-refractivity contribution in [3.63, 3.8) is 0 Å². The number of primary amides is 1. The van der Waals surface area contributed by atoms with Crippen molar-refractivity contribution in [3.05, 3.63) is 21.9 Å². The number of nitrogens with one attached hydrogen (secondary N) is 1. The molecule has 2 amide bonds. The van der Waals surface area contributed by atoms with Crippen LogP contribution in [0, 0.1) is 11.8 Å². The summed E-state index contributed by atoms with van der Waals surface area (Å²) in [4.78, 5) is 22.9. The summed E-state index contributed by atoms with van der Waals surface area (Å²) < 4.78 is 0. The number of rotatable bonds is 5. The Hall–Kier alpha value is -1.84. The summed E-state index contributed by atoms with van der Waals surface area (Å²) in [5.74, 6) is 4.93. The number of aliphatic hydroxyl groups excluding tert-OH is 1. The van der Waals surface area contributed by atoms with Crippen LogP contribution in [0.25, 0.3) is 0 Å². The Kier molecular flexibility index (Phi) is 5.91.